The third-order valence-electron chi connectivity index (χ3n) is 5.62. The second-order valence-corrected chi connectivity index (χ2v) is 8.75. The van der Waals surface area contributed by atoms with E-state index >= 15 is 0 Å². The molecule has 1 atom stereocenters. The second kappa shape index (κ2) is 8.69. The number of ether oxygens (including phenoxy) is 1. The third-order valence-corrected chi connectivity index (χ3v) is 6.63. The molecule has 1 unspecified atom stereocenters. The van der Waals surface area contributed by atoms with Gasteiger partial charge in [-0.1, -0.05) is 54.2 Å². The fourth-order valence-electron chi connectivity index (χ4n) is 4.03. The fourth-order valence-corrected chi connectivity index (χ4v) is 4.89. The average Bonchev–Trinajstić information content (AvgIpc) is 3.44. The van der Waals surface area contributed by atoms with Gasteiger partial charge in [0.25, 0.3) is 5.56 Å². The topological polar surface area (TPSA) is 72.8 Å². The predicted molar refractivity (Wildman–Crippen MR) is 123 cm³/mol. The van der Waals surface area contributed by atoms with Gasteiger partial charge < -0.3 is 14.3 Å². The molecular weight excluding hydrogens is 408 g/mol. The van der Waals surface area contributed by atoms with Crippen molar-refractivity contribution in [1.82, 2.24) is 19.5 Å². The summed E-state index contributed by atoms with van der Waals surface area (Å²) in [6.07, 6.45) is 4.30. The first-order valence-corrected chi connectivity index (χ1v) is 11.5. The number of thioether (sulfide) groups is 1. The van der Waals surface area contributed by atoms with Gasteiger partial charge in [-0.15, -0.1) is 0 Å². The Morgan fingerprint density at radius 3 is 2.87 bits per heavy atom. The van der Waals surface area contributed by atoms with Gasteiger partial charge in [-0.05, 0) is 37.0 Å². The zero-order valence-electron chi connectivity index (χ0n) is 17.4. The Bertz CT molecular complexity index is 1260. The number of fused-ring (bicyclic) bond motifs is 1. The Hall–Kier alpha value is -2.90. The third kappa shape index (κ3) is 4.16. The number of aryl methyl sites for hydroxylation is 1. The molecule has 0 bridgehead atoms. The first-order valence-electron chi connectivity index (χ1n) is 10.5. The largest absolute Gasteiger partial charge is 0.376 e. The summed E-state index contributed by atoms with van der Waals surface area (Å²) in [5.41, 5.74) is 3.87. The van der Waals surface area contributed by atoms with Crippen LogP contribution >= 0.6 is 11.8 Å². The Labute approximate surface area is 184 Å². The number of rotatable bonds is 6. The van der Waals surface area contributed by atoms with Gasteiger partial charge in [-0.2, -0.15) is 0 Å². The number of nitrogens with one attached hydrogen (secondary N) is 1. The Morgan fingerprint density at radius 2 is 2.06 bits per heavy atom. The van der Waals surface area contributed by atoms with Crippen LogP contribution in [0.4, 0.5) is 0 Å². The van der Waals surface area contributed by atoms with Crippen molar-refractivity contribution >= 4 is 22.7 Å². The van der Waals surface area contributed by atoms with E-state index in [0.29, 0.717) is 17.0 Å². The molecule has 1 aliphatic rings. The van der Waals surface area contributed by atoms with Crippen LogP contribution in [-0.4, -0.2) is 32.2 Å². The van der Waals surface area contributed by atoms with E-state index in [-0.39, 0.29) is 11.7 Å². The maximum Gasteiger partial charge on any atom is 0.258 e. The zero-order chi connectivity index (χ0) is 21.2. The van der Waals surface area contributed by atoms with Crippen LogP contribution in [0.25, 0.3) is 22.2 Å². The minimum absolute atomic E-state index is 0.100. The number of aromatic amines is 1. The second-order valence-electron chi connectivity index (χ2n) is 7.81. The lowest BCUT2D eigenvalue weighted by molar-refractivity contribution is 0.0954. The average molecular weight is 433 g/mol. The van der Waals surface area contributed by atoms with Crippen LogP contribution < -0.4 is 5.56 Å². The number of hydrogen-bond donors (Lipinski definition) is 1. The molecule has 2 aromatic heterocycles. The molecule has 6 nitrogen and oxygen atoms in total. The molecule has 0 saturated carbocycles. The van der Waals surface area contributed by atoms with Gasteiger partial charge in [-0.25, -0.2) is 9.97 Å². The van der Waals surface area contributed by atoms with Crippen LogP contribution in [0.5, 0.6) is 0 Å². The Kier molecular flexibility index (Phi) is 5.61. The summed E-state index contributed by atoms with van der Waals surface area (Å²) in [5.74, 6) is 1.20. The summed E-state index contributed by atoms with van der Waals surface area (Å²) in [6.45, 7) is 3.57. The molecule has 0 radical (unpaired) electrons. The highest BCUT2D eigenvalue weighted by molar-refractivity contribution is 7.98. The van der Waals surface area contributed by atoms with Crippen molar-refractivity contribution in [2.75, 3.05) is 6.61 Å². The van der Waals surface area contributed by atoms with E-state index in [0.717, 1.165) is 53.5 Å². The van der Waals surface area contributed by atoms with Crippen LogP contribution in [0.3, 0.4) is 0 Å². The lowest BCUT2D eigenvalue weighted by Crippen LogP contribution is -2.16. The van der Waals surface area contributed by atoms with Gasteiger partial charge in [0.2, 0.25) is 0 Å². The van der Waals surface area contributed by atoms with Crippen molar-refractivity contribution < 1.29 is 4.74 Å². The summed E-state index contributed by atoms with van der Waals surface area (Å²) in [7, 11) is 0. The van der Waals surface area contributed by atoms with Crippen LogP contribution in [0.1, 0.15) is 24.2 Å². The SMILES string of the molecule is Cc1cccc2c(=O)[nH]c(CSc3ncc(-c4ccccc4)n3CC3CCCO3)nc12. The number of para-hydroxylation sites is 1. The molecule has 0 aliphatic carbocycles. The molecule has 0 amide bonds. The van der Waals surface area contributed by atoms with Gasteiger partial charge in [0, 0.05) is 6.61 Å². The molecule has 0 spiro atoms. The standard InChI is InChI=1S/C24H24N4O2S/c1-16-7-5-11-19-22(16)26-21(27-23(19)29)15-31-24-25-13-20(17-8-3-2-4-9-17)28(24)14-18-10-6-12-30-18/h2-5,7-9,11,13,18H,6,10,12,14-15H2,1H3,(H,26,27,29). The minimum atomic E-state index is -0.100. The summed E-state index contributed by atoms with van der Waals surface area (Å²) < 4.78 is 8.13. The van der Waals surface area contributed by atoms with Gasteiger partial charge >= 0.3 is 0 Å². The van der Waals surface area contributed by atoms with Crippen LogP contribution in [0.15, 0.2) is 64.7 Å². The van der Waals surface area contributed by atoms with E-state index in [9.17, 15) is 4.79 Å². The maximum absolute atomic E-state index is 12.5. The molecule has 1 saturated heterocycles. The van der Waals surface area contributed by atoms with Gasteiger partial charge in [0.05, 0.1) is 41.2 Å². The highest BCUT2D eigenvalue weighted by Crippen LogP contribution is 2.29. The van der Waals surface area contributed by atoms with E-state index in [4.69, 9.17) is 14.7 Å². The lowest BCUT2D eigenvalue weighted by atomic mass is 10.1. The minimum Gasteiger partial charge on any atom is -0.376 e. The van der Waals surface area contributed by atoms with Crippen molar-refractivity contribution in [2.24, 2.45) is 0 Å². The molecule has 3 heterocycles. The maximum atomic E-state index is 12.5. The van der Waals surface area contributed by atoms with Crippen molar-refractivity contribution in [3.05, 3.63) is 76.5 Å². The van der Waals surface area contributed by atoms with E-state index < -0.39 is 0 Å². The molecule has 31 heavy (non-hydrogen) atoms. The Balaban J connectivity index is 1.45. The quantitative estimate of drug-likeness (QED) is 0.452. The number of hydrogen-bond acceptors (Lipinski definition) is 5. The van der Waals surface area contributed by atoms with Gasteiger partial charge in [0.15, 0.2) is 5.16 Å². The molecule has 4 aromatic rings. The summed E-state index contributed by atoms with van der Waals surface area (Å²) in [6, 6.07) is 16.0. The van der Waals surface area contributed by atoms with Crippen LogP contribution in [0.2, 0.25) is 0 Å². The number of imidazole rings is 1. The molecule has 1 N–H and O–H groups in total. The number of nitrogens with zero attached hydrogens (tertiary/aromatic N) is 3. The Morgan fingerprint density at radius 1 is 1.19 bits per heavy atom. The van der Waals surface area contributed by atoms with E-state index in [1.54, 1.807) is 11.8 Å². The first-order chi connectivity index (χ1) is 15.2. The monoisotopic (exact) mass is 432 g/mol. The van der Waals surface area contributed by atoms with Crippen LogP contribution in [-0.2, 0) is 17.0 Å². The normalized spacial score (nSPS) is 16.2. The molecule has 1 fully saturated rings. The van der Waals surface area contributed by atoms with Crippen LogP contribution in [0, 0.1) is 6.92 Å². The van der Waals surface area contributed by atoms with Gasteiger partial charge in [0.1, 0.15) is 5.82 Å². The highest BCUT2D eigenvalue weighted by Gasteiger charge is 2.21. The molecule has 2 aromatic carbocycles. The van der Waals surface area contributed by atoms with Crippen molar-refractivity contribution in [3.63, 3.8) is 0 Å². The van der Waals surface area contributed by atoms with Crippen molar-refractivity contribution in [2.45, 2.75) is 43.3 Å². The highest BCUT2D eigenvalue weighted by atomic mass is 32.2. The van der Waals surface area contributed by atoms with Crippen molar-refractivity contribution in [1.29, 1.82) is 0 Å². The number of H-pyrrole nitrogens is 1. The van der Waals surface area contributed by atoms with E-state index in [2.05, 4.69) is 21.7 Å². The predicted octanol–water partition coefficient (Wildman–Crippen LogP) is 4.57. The molecule has 5 rings (SSSR count). The number of benzene rings is 2. The van der Waals surface area contributed by atoms with E-state index in [1.807, 2.05) is 49.5 Å². The smallest absolute Gasteiger partial charge is 0.258 e. The fraction of sp³-hybridized carbons (Fsp3) is 0.292. The zero-order valence-corrected chi connectivity index (χ0v) is 18.2. The van der Waals surface area contributed by atoms with E-state index in [1.165, 1.54) is 0 Å². The summed E-state index contributed by atoms with van der Waals surface area (Å²) in [4.78, 5) is 24.8. The molecule has 158 valence electrons. The first kappa shape index (κ1) is 20.0. The lowest BCUT2D eigenvalue weighted by Gasteiger charge is -2.16. The summed E-state index contributed by atoms with van der Waals surface area (Å²) in [5, 5.41) is 1.53. The molecule has 7 heteroatoms. The molecular formula is C24H24N4O2S. The summed E-state index contributed by atoms with van der Waals surface area (Å²) >= 11 is 1.59. The molecule has 1 aliphatic heterocycles. The van der Waals surface area contributed by atoms with Gasteiger partial charge in [-0.3, -0.25) is 4.79 Å². The van der Waals surface area contributed by atoms with Crippen molar-refractivity contribution in [3.8, 4) is 11.3 Å². The number of aromatic nitrogens is 4.